The quantitative estimate of drug-likeness (QED) is 0.324. The Morgan fingerprint density at radius 2 is 2.60 bits per heavy atom. The van der Waals surface area contributed by atoms with Gasteiger partial charge in [-0.15, -0.1) is 0 Å². The largest absolute Gasteiger partial charge is 0.369 e. The van der Waals surface area contributed by atoms with Crippen LogP contribution in [0.15, 0.2) is 24.3 Å². The second-order valence-corrected chi connectivity index (χ2v) is 2.20. The molecule has 0 radical (unpaired) electrons. The van der Waals surface area contributed by atoms with Crippen LogP contribution in [0.5, 0.6) is 0 Å². The number of hydrogen-bond donors (Lipinski definition) is 0. The zero-order chi connectivity index (χ0) is 7.40. The molecular weight excluding hydrogens is 128 g/mol. The van der Waals surface area contributed by atoms with Crippen molar-refractivity contribution in [3.8, 4) is 0 Å². The van der Waals surface area contributed by atoms with Crippen LogP contribution in [0.3, 0.4) is 0 Å². The van der Waals surface area contributed by atoms with Crippen molar-refractivity contribution in [2.75, 3.05) is 6.61 Å². The summed E-state index contributed by atoms with van der Waals surface area (Å²) < 4.78 is 5.21. The van der Waals surface area contributed by atoms with E-state index in [2.05, 4.69) is 6.58 Å². The molecule has 0 aromatic heterocycles. The summed E-state index contributed by atoms with van der Waals surface area (Å²) in [5.41, 5.74) is 0.496. The van der Waals surface area contributed by atoms with Gasteiger partial charge in [0.15, 0.2) is 0 Å². The molecule has 0 saturated carbocycles. The van der Waals surface area contributed by atoms with Gasteiger partial charge in [0.25, 0.3) is 0 Å². The molecule has 0 aliphatic carbocycles. The summed E-state index contributed by atoms with van der Waals surface area (Å²) in [5, 5.41) is 0. The van der Waals surface area contributed by atoms with Crippen LogP contribution in [-0.2, 0) is 9.53 Å². The van der Waals surface area contributed by atoms with E-state index in [4.69, 9.17) is 4.74 Å². The van der Waals surface area contributed by atoms with E-state index in [9.17, 15) is 4.79 Å². The maximum absolute atomic E-state index is 10.2. The number of ether oxygens (including phenoxy) is 1. The molecule has 0 fully saturated rings. The lowest BCUT2D eigenvalue weighted by molar-refractivity contribution is -0.105. The average molecular weight is 138 g/mol. The molecular formula is C8H10O2. The Morgan fingerprint density at radius 3 is 3.10 bits per heavy atom. The van der Waals surface area contributed by atoms with Gasteiger partial charge in [-0.2, -0.15) is 0 Å². The van der Waals surface area contributed by atoms with Gasteiger partial charge in [-0.05, 0) is 6.42 Å². The van der Waals surface area contributed by atoms with Gasteiger partial charge in [0.1, 0.15) is 12.4 Å². The molecule has 1 rings (SSSR count). The SMILES string of the molecule is C=C(C=O)C1C=CCCO1. The Morgan fingerprint density at radius 1 is 1.80 bits per heavy atom. The molecule has 1 aliphatic rings. The molecule has 2 heteroatoms. The molecule has 1 aliphatic heterocycles. The van der Waals surface area contributed by atoms with Gasteiger partial charge in [0.2, 0.25) is 0 Å². The third-order valence-electron chi connectivity index (χ3n) is 1.41. The second-order valence-electron chi connectivity index (χ2n) is 2.20. The predicted octanol–water partition coefficient (Wildman–Crippen LogP) is 1.09. The number of hydrogen-bond acceptors (Lipinski definition) is 2. The lowest BCUT2D eigenvalue weighted by Gasteiger charge is -2.15. The summed E-state index contributed by atoms with van der Waals surface area (Å²) in [7, 11) is 0. The molecule has 1 heterocycles. The molecule has 0 saturated heterocycles. The summed E-state index contributed by atoms with van der Waals surface area (Å²) in [5.74, 6) is 0. The van der Waals surface area contributed by atoms with E-state index >= 15 is 0 Å². The van der Waals surface area contributed by atoms with Gasteiger partial charge in [-0.1, -0.05) is 18.7 Å². The molecule has 0 spiro atoms. The van der Waals surface area contributed by atoms with E-state index in [1.54, 1.807) is 0 Å². The normalized spacial score (nSPS) is 24.2. The van der Waals surface area contributed by atoms with Crippen molar-refractivity contribution in [3.05, 3.63) is 24.3 Å². The van der Waals surface area contributed by atoms with E-state index < -0.39 is 0 Å². The second kappa shape index (κ2) is 3.32. The van der Waals surface area contributed by atoms with Crippen molar-refractivity contribution < 1.29 is 9.53 Å². The predicted molar refractivity (Wildman–Crippen MR) is 38.7 cm³/mol. The smallest absolute Gasteiger partial charge is 0.148 e. The number of carbonyl (C=O) groups is 1. The van der Waals surface area contributed by atoms with Gasteiger partial charge >= 0.3 is 0 Å². The minimum absolute atomic E-state index is 0.175. The highest BCUT2D eigenvalue weighted by molar-refractivity contribution is 5.74. The minimum Gasteiger partial charge on any atom is -0.369 e. The van der Waals surface area contributed by atoms with E-state index in [1.807, 2.05) is 12.2 Å². The first kappa shape index (κ1) is 7.22. The fourth-order valence-electron chi connectivity index (χ4n) is 0.836. The lowest BCUT2D eigenvalue weighted by Crippen LogP contribution is -2.16. The molecule has 0 aromatic rings. The number of rotatable bonds is 2. The van der Waals surface area contributed by atoms with Crippen molar-refractivity contribution in [3.63, 3.8) is 0 Å². The maximum Gasteiger partial charge on any atom is 0.148 e. The minimum atomic E-state index is -0.175. The van der Waals surface area contributed by atoms with Crippen LogP contribution in [0, 0.1) is 0 Å². The lowest BCUT2D eigenvalue weighted by atomic mass is 10.1. The van der Waals surface area contributed by atoms with Gasteiger partial charge in [-0.3, -0.25) is 4.79 Å². The van der Waals surface area contributed by atoms with E-state index in [-0.39, 0.29) is 6.10 Å². The molecule has 0 aromatic carbocycles. The van der Waals surface area contributed by atoms with Crippen LogP contribution in [0.2, 0.25) is 0 Å². The fraction of sp³-hybridized carbons (Fsp3) is 0.375. The first-order valence-electron chi connectivity index (χ1n) is 3.27. The van der Waals surface area contributed by atoms with E-state index in [0.717, 1.165) is 12.7 Å². The van der Waals surface area contributed by atoms with Gasteiger partial charge in [-0.25, -0.2) is 0 Å². The van der Waals surface area contributed by atoms with Crippen LogP contribution in [0.4, 0.5) is 0 Å². The first-order chi connectivity index (χ1) is 4.84. The molecule has 0 N–H and O–H groups in total. The summed E-state index contributed by atoms with van der Waals surface area (Å²) in [6, 6.07) is 0. The molecule has 1 atom stereocenters. The monoisotopic (exact) mass is 138 g/mol. The number of aldehydes is 1. The van der Waals surface area contributed by atoms with Gasteiger partial charge in [0.05, 0.1) is 6.61 Å². The molecule has 0 amide bonds. The highest BCUT2D eigenvalue weighted by Crippen LogP contribution is 2.09. The van der Waals surface area contributed by atoms with Crippen LogP contribution >= 0.6 is 0 Å². The Bertz CT molecular complexity index is 170. The highest BCUT2D eigenvalue weighted by atomic mass is 16.5. The zero-order valence-electron chi connectivity index (χ0n) is 5.75. The van der Waals surface area contributed by atoms with Crippen molar-refractivity contribution in [2.24, 2.45) is 0 Å². The standard InChI is InChI=1S/C8H10O2/c1-7(6-9)8-4-2-3-5-10-8/h2,4,6,8H,1,3,5H2. The molecule has 10 heavy (non-hydrogen) atoms. The van der Waals surface area contributed by atoms with Crippen molar-refractivity contribution in [1.82, 2.24) is 0 Å². The summed E-state index contributed by atoms with van der Waals surface area (Å²) >= 11 is 0. The average Bonchev–Trinajstić information content (AvgIpc) is 2.05. The number of carbonyl (C=O) groups excluding carboxylic acids is 1. The van der Waals surface area contributed by atoms with Crippen LogP contribution in [0.1, 0.15) is 6.42 Å². The molecule has 2 nitrogen and oxygen atoms in total. The maximum atomic E-state index is 10.2. The van der Waals surface area contributed by atoms with E-state index in [1.165, 1.54) is 0 Å². The Balaban J connectivity index is 2.54. The third kappa shape index (κ3) is 1.54. The third-order valence-corrected chi connectivity index (χ3v) is 1.41. The first-order valence-corrected chi connectivity index (χ1v) is 3.27. The topological polar surface area (TPSA) is 26.3 Å². The summed E-state index contributed by atoms with van der Waals surface area (Å²) in [6.45, 7) is 4.24. The van der Waals surface area contributed by atoms with Crippen LogP contribution < -0.4 is 0 Å². The van der Waals surface area contributed by atoms with Crippen molar-refractivity contribution >= 4 is 6.29 Å². The highest BCUT2D eigenvalue weighted by Gasteiger charge is 2.10. The van der Waals surface area contributed by atoms with Crippen molar-refractivity contribution in [1.29, 1.82) is 0 Å². The Kier molecular flexibility index (Phi) is 2.40. The summed E-state index contributed by atoms with van der Waals surface area (Å²) in [6.07, 6.45) is 5.36. The van der Waals surface area contributed by atoms with Gasteiger partial charge in [0, 0.05) is 5.57 Å². The molecule has 0 bridgehead atoms. The van der Waals surface area contributed by atoms with Crippen LogP contribution in [-0.4, -0.2) is 19.0 Å². The summed E-state index contributed by atoms with van der Waals surface area (Å²) in [4.78, 5) is 10.2. The van der Waals surface area contributed by atoms with Gasteiger partial charge < -0.3 is 4.74 Å². The van der Waals surface area contributed by atoms with E-state index in [0.29, 0.717) is 12.2 Å². The molecule has 54 valence electrons. The van der Waals surface area contributed by atoms with Crippen molar-refractivity contribution in [2.45, 2.75) is 12.5 Å². The zero-order valence-corrected chi connectivity index (χ0v) is 5.75. The Hall–Kier alpha value is -0.890. The fourth-order valence-corrected chi connectivity index (χ4v) is 0.836. The molecule has 1 unspecified atom stereocenters. The Labute approximate surface area is 60.2 Å². The van der Waals surface area contributed by atoms with Crippen LogP contribution in [0.25, 0.3) is 0 Å².